The normalized spacial score (nSPS) is 10.3. The first-order valence-corrected chi connectivity index (χ1v) is 6.64. The van der Waals surface area contributed by atoms with E-state index in [9.17, 15) is 9.59 Å². The fourth-order valence-electron chi connectivity index (χ4n) is 1.85. The molecule has 0 unspecified atom stereocenters. The minimum Gasteiger partial charge on any atom is -0.345 e. The highest BCUT2D eigenvalue weighted by Crippen LogP contribution is 2.20. The number of nitrogens with zero attached hydrogens (tertiary/aromatic N) is 1. The molecule has 0 radical (unpaired) electrons. The smallest absolute Gasteiger partial charge is 0.226 e. The number of carbonyl (C=O) groups is 2. The van der Waals surface area contributed by atoms with Gasteiger partial charge in [-0.15, -0.1) is 0 Å². The standard InChI is InChI=1S/C15H15ClN2O2/c1-11-4-5-12(9-14(11)16)17-15(20)6-8-18-7-2-3-13(18)10-19/h2-5,7,9-10H,6,8H2,1H3,(H,17,20). The van der Waals surface area contributed by atoms with Crippen LogP contribution in [0.15, 0.2) is 36.5 Å². The maximum absolute atomic E-state index is 11.8. The van der Waals surface area contributed by atoms with Gasteiger partial charge in [-0.3, -0.25) is 9.59 Å². The van der Waals surface area contributed by atoms with Crippen molar-refractivity contribution in [1.29, 1.82) is 0 Å². The SMILES string of the molecule is Cc1ccc(NC(=O)CCn2cccc2C=O)cc1Cl. The van der Waals surface area contributed by atoms with Gasteiger partial charge in [0.2, 0.25) is 5.91 Å². The number of rotatable bonds is 5. The van der Waals surface area contributed by atoms with Gasteiger partial charge in [0.15, 0.2) is 6.29 Å². The Labute approximate surface area is 122 Å². The van der Waals surface area contributed by atoms with E-state index >= 15 is 0 Å². The molecular weight excluding hydrogens is 276 g/mol. The monoisotopic (exact) mass is 290 g/mol. The highest BCUT2D eigenvalue weighted by molar-refractivity contribution is 6.31. The molecule has 2 rings (SSSR count). The van der Waals surface area contributed by atoms with Crippen molar-refractivity contribution in [3.8, 4) is 0 Å². The minimum absolute atomic E-state index is 0.115. The van der Waals surface area contributed by atoms with Crippen LogP contribution in [0.4, 0.5) is 5.69 Å². The molecule has 0 aliphatic rings. The maximum atomic E-state index is 11.8. The predicted octanol–water partition coefficient (Wildman–Crippen LogP) is 3.29. The van der Waals surface area contributed by atoms with Crippen molar-refractivity contribution in [2.45, 2.75) is 19.9 Å². The first-order valence-electron chi connectivity index (χ1n) is 6.26. The van der Waals surface area contributed by atoms with E-state index in [1.54, 1.807) is 29.0 Å². The summed E-state index contributed by atoms with van der Waals surface area (Å²) in [6.45, 7) is 2.37. The Bertz CT molecular complexity index is 635. The van der Waals surface area contributed by atoms with Crippen LogP contribution in [0, 0.1) is 6.92 Å². The summed E-state index contributed by atoms with van der Waals surface area (Å²) in [6, 6.07) is 8.88. The number of aldehydes is 1. The summed E-state index contributed by atoms with van der Waals surface area (Å²) >= 11 is 6.00. The average Bonchev–Trinajstić information content (AvgIpc) is 2.88. The van der Waals surface area contributed by atoms with Gasteiger partial charge in [0.25, 0.3) is 0 Å². The van der Waals surface area contributed by atoms with E-state index in [0.29, 0.717) is 29.4 Å². The summed E-state index contributed by atoms with van der Waals surface area (Å²) in [5, 5.41) is 3.41. The van der Waals surface area contributed by atoms with Crippen molar-refractivity contribution in [3.63, 3.8) is 0 Å². The molecule has 0 saturated carbocycles. The molecule has 1 aromatic heterocycles. The molecule has 1 aromatic carbocycles. The number of anilines is 1. The third kappa shape index (κ3) is 3.48. The van der Waals surface area contributed by atoms with Crippen LogP contribution in [0.25, 0.3) is 0 Å². The topological polar surface area (TPSA) is 51.1 Å². The molecule has 0 aliphatic heterocycles. The summed E-state index contributed by atoms with van der Waals surface area (Å²) in [6.07, 6.45) is 2.85. The van der Waals surface area contributed by atoms with Gasteiger partial charge in [-0.25, -0.2) is 0 Å². The largest absolute Gasteiger partial charge is 0.345 e. The fourth-order valence-corrected chi connectivity index (χ4v) is 2.03. The second-order valence-electron chi connectivity index (χ2n) is 4.51. The van der Waals surface area contributed by atoms with Crippen molar-refractivity contribution in [2.24, 2.45) is 0 Å². The van der Waals surface area contributed by atoms with Crippen LogP contribution in [0.1, 0.15) is 22.5 Å². The second-order valence-corrected chi connectivity index (χ2v) is 4.91. The number of aryl methyl sites for hydroxylation is 2. The molecule has 0 spiro atoms. The highest BCUT2D eigenvalue weighted by atomic mass is 35.5. The zero-order valence-electron chi connectivity index (χ0n) is 11.1. The number of hydrogen-bond donors (Lipinski definition) is 1. The third-order valence-corrected chi connectivity index (χ3v) is 3.43. The van der Waals surface area contributed by atoms with E-state index in [1.165, 1.54) is 0 Å². The van der Waals surface area contributed by atoms with E-state index in [2.05, 4.69) is 5.32 Å². The van der Waals surface area contributed by atoms with Gasteiger partial charge in [0, 0.05) is 29.9 Å². The molecule has 1 N–H and O–H groups in total. The van der Waals surface area contributed by atoms with Gasteiger partial charge in [-0.2, -0.15) is 0 Å². The number of amides is 1. The Morgan fingerprint density at radius 2 is 2.20 bits per heavy atom. The summed E-state index contributed by atoms with van der Waals surface area (Å²) in [5.41, 5.74) is 2.21. The van der Waals surface area contributed by atoms with Crippen molar-refractivity contribution >= 4 is 29.5 Å². The van der Waals surface area contributed by atoms with Crippen LogP contribution in [0.3, 0.4) is 0 Å². The van der Waals surface area contributed by atoms with Crippen molar-refractivity contribution in [1.82, 2.24) is 4.57 Å². The zero-order valence-corrected chi connectivity index (χ0v) is 11.9. The molecule has 0 fully saturated rings. The molecule has 0 atom stereocenters. The van der Waals surface area contributed by atoms with Crippen molar-refractivity contribution in [3.05, 3.63) is 52.8 Å². The Balaban J connectivity index is 1.92. The molecule has 0 saturated heterocycles. The van der Waals surface area contributed by atoms with Crippen molar-refractivity contribution < 1.29 is 9.59 Å². The lowest BCUT2D eigenvalue weighted by atomic mass is 10.2. The third-order valence-electron chi connectivity index (χ3n) is 3.02. The van der Waals surface area contributed by atoms with Crippen LogP contribution in [-0.2, 0) is 11.3 Å². The highest BCUT2D eigenvalue weighted by Gasteiger charge is 2.06. The van der Waals surface area contributed by atoms with E-state index < -0.39 is 0 Å². The quantitative estimate of drug-likeness (QED) is 0.859. The van der Waals surface area contributed by atoms with Gasteiger partial charge >= 0.3 is 0 Å². The molecule has 1 heterocycles. The molecule has 0 aliphatic carbocycles. The molecule has 0 bridgehead atoms. The van der Waals surface area contributed by atoms with Gasteiger partial charge in [0.05, 0.1) is 5.69 Å². The lowest BCUT2D eigenvalue weighted by molar-refractivity contribution is -0.116. The molecule has 5 heteroatoms. The number of benzene rings is 1. The molecular formula is C15H15ClN2O2. The van der Waals surface area contributed by atoms with Gasteiger partial charge in [0.1, 0.15) is 0 Å². The first kappa shape index (κ1) is 14.3. The fraction of sp³-hybridized carbons (Fsp3) is 0.200. The molecule has 4 nitrogen and oxygen atoms in total. The number of halogens is 1. The minimum atomic E-state index is -0.115. The van der Waals surface area contributed by atoms with E-state index in [-0.39, 0.29) is 5.91 Å². The van der Waals surface area contributed by atoms with E-state index in [1.807, 2.05) is 19.1 Å². The Hall–Kier alpha value is -2.07. The van der Waals surface area contributed by atoms with Crippen LogP contribution < -0.4 is 5.32 Å². The molecule has 104 valence electrons. The van der Waals surface area contributed by atoms with E-state index in [0.717, 1.165) is 11.8 Å². The van der Waals surface area contributed by atoms with E-state index in [4.69, 9.17) is 11.6 Å². The molecule has 2 aromatic rings. The number of carbonyl (C=O) groups excluding carboxylic acids is 2. The summed E-state index contributed by atoms with van der Waals surface area (Å²) < 4.78 is 1.74. The van der Waals surface area contributed by atoms with Crippen LogP contribution in [0.5, 0.6) is 0 Å². The maximum Gasteiger partial charge on any atom is 0.226 e. The summed E-state index contributed by atoms with van der Waals surface area (Å²) in [7, 11) is 0. The summed E-state index contributed by atoms with van der Waals surface area (Å²) in [4.78, 5) is 22.6. The second kappa shape index (κ2) is 6.39. The molecule has 1 amide bonds. The molecule has 20 heavy (non-hydrogen) atoms. The number of nitrogens with one attached hydrogen (secondary N) is 1. The van der Waals surface area contributed by atoms with Gasteiger partial charge in [-0.05, 0) is 36.8 Å². The Morgan fingerprint density at radius 1 is 1.40 bits per heavy atom. The van der Waals surface area contributed by atoms with Gasteiger partial charge in [-0.1, -0.05) is 17.7 Å². The van der Waals surface area contributed by atoms with Crippen LogP contribution >= 0.6 is 11.6 Å². The average molecular weight is 291 g/mol. The van der Waals surface area contributed by atoms with Crippen molar-refractivity contribution in [2.75, 3.05) is 5.32 Å². The van der Waals surface area contributed by atoms with Gasteiger partial charge < -0.3 is 9.88 Å². The first-order chi connectivity index (χ1) is 9.60. The Kier molecular flexibility index (Phi) is 4.58. The summed E-state index contributed by atoms with van der Waals surface area (Å²) in [5.74, 6) is -0.115. The van der Waals surface area contributed by atoms with Crippen LogP contribution in [0.2, 0.25) is 5.02 Å². The lowest BCUT2D eigenvalue weighted by Gasteiger charge is -2.08. The predicted molar refractivity (Wildman–Crippen MR) is 79.3 cm³/mol. The Morgan fingerprint density at radius 3 is 2.90 bits per heavy atom. The lowest BCUT2D eigenvalue weighted by Crippen LogP contribution is -2.15. The zero-order chi connectivity index (χ0) is 14.5. The van der Waals surface area contributed by atoms with Crippen LogP contribution in [-0.4, -0.2) is 16.8 Å². The number of hydrogen-bond acceptors (Lipinski definition) is 2. The number of aromatic nitrogens is 1.